The zero-order valence-corrected chi connectivity index (χ0v) is 15.6. The summed E-state index contributed by atoms with van der Waals surface area (Å²) in [6, 6.07) is 13.7. The topological polar surface area (TPSA) is 82.6 Å². The van der Waals surface area contributed by atoms with Crippen molar-refractivity contribution in [1.82, 2.24) is 15.4 Å². The van der Waals surface area contributed by atoms with Crippen LogP contribution < -0.4 is 15.4 Å². The normalized spacial score (nSPS) is 12.0. The molecule has 0 aliphatic carbocycles. The second kappa shape index (κ2) is 9.30. The number of nitrogens with one attached hydrogen (secondary N) is 3. The van der Waals surface area contributed by atoms with E-state index in [2.05, 4.69) is 20.3 Å². The number of sulfonamides is 1. The Morgan fingerprint density at radius 3 is 2.15 bits per heavy atom. The van der Waals surface area contributed by atoms with Gasteiger partial charge in [0, 0.05) is 20.1 Å². The molecule has 0 bridgehead atoms. The van der Waals surface area contributed by atoms with Gasteiger partial charge in [0.2, 0.25) is 10.0 Å². The molecule has 0 radical (unpaired) electrons. The lowest BCUT2D eigenvalue weighted by Crippen LogP contribution is -2.36. The van der Waals surface area contributed by atoms with Crippen LogP contribution in [0.3, 0.4) is 0 Å². The molecule has 0 unspecified atom stereocenters. The van der Waals surface area contributed by atoms with Crippen LogP contribution in [0.1, 0.15) is 16.7 Å². The zero-order chi connectivity index (χ0) is 19.0. The number of nitrogens with zero attached hydrogens (tertiary/aromatic N) is 1. The lowest BCUT2D eigenvalue weighted by Gasteiger charge is -2.13. The molecular formula is C18H23FN4O2S. The third-order valence-electron chi connectivity index (χ3n) is 3.69. The van der Waals surface area contributed by atoms with Gasteiger partial charge in [-0.2, -0.15) is 0 Å². The first-order valence-corrected chi connectivity index (χ1v) is 9.75. The van der Waals surface area contributed by atoms with E-state index >= 15 is 0 Å². The Labute approximate surface area is 153 Å². The van der Waals surface area contributed by atoms with Crippen LogP contribution in [-0.2, 0) is 28.9 Å². The number of benzene rings is 2. The molecular weight excluding hydrogens is 355 g/mol. The largest absolute Gasteiger partial charge is 0.352 e. The molecule has 2 aromatic carbocycles. The van der Waals surface area contributed by atoms with Gasteiger partial charge in [0.25, 0.3) is 0 Å². The van der Waals surface area contributed by atoms with Crippen molar-refractivity contribution in [1.29, 1.82) is 0 Å². The Balaban J connectivity index is 1.92. The van der Waals surface area contributed by atoms with Gasteiger partial charge in [-0.1, -0.05) is 36.4 Å². The molecule has 140 valence electrons. The molecule has 0 fully saturated rings. The molecule has 0 spiro atoms. The van der Waals surface area contributed by atoms with E-state index in [1.54, 1.807) is 19.2 Å². The molecule has 8 heteroatoms. The number of hydrogen-bond donors (Lipinski definition) is 3. The van der Waals surface area contributed by atoms with Crippen LogP contribution in [0.5, 0.6) is 0 Å². The summed E-state index contributed by atoms with van der Waals surface area (Å²) in [6.07, 6.45) is 0. The summed E-state index contributed by atoms with van der Waals surface area (Å²) >= 11 is 0. The minimum absolute atomic E-state index is 0.0656. The summed E-state index contributed by atoms with van der Waals surface area (Å²) in [4.78, 5) is 4.13. The number of rotatable bonds is 7. The van der Waals surface area contributed by atoms with E-state index < -0.39 is 10.0 Å². The highest BCUT2D eigenvalue weighted by molar-refractivity contribution is 7.88. The Hall–Kier alpha value is -2.45. The number of aliphatic imine (C=N–C) groups is 1. The quantitative estimate of drug-likeness (QED) is 0.506. The van der Waals surface area contributed by atoms with Crippen molar-refractivity contribution in [2.75, 3.05) is 14.1 Å². The second-order valence-corrected chi connectivity index (χ2v) is 7.62. The lowest BCUT2D eigenvalue weighted by molar-refractivity contribution is 0.587. The maximum Gasteiger partial charge on any atom is 0.215 e. The smallest absolute Gasteiger partial charge is 0.215 e. The van der Waals surface area contributed by atoms with Gasteiger partial charge in [0.15, 0.2) is 5.96 Å². The molecule has 0 aromatic heterocycles. The summed E-state index contributed by atoms with van der Waals surface area (Å²) in [5.74, 6) is 0.229. The van der Waals surface area contributed by atoms with Gasteiger partial charge in [-0.25, -0.2) is 17.5 Å². The average Bonchev–Trinajstić information content (AvgIpc) is 2.62. The summed E-state index contributed by atoms with van der Waals surface area (Å²) in [5, 5.41) is 6.27. The number of halogens is 1. The first-order chi connectivity index (χ1) is 12.4. The molecule has 0 saturated carbocycles. The monoisotopic (exact) mass is 378 g/mol. The molecule has 0 heterocycles. The fraction of sp³-hybridized carbons (Fsp3) is 0.278. The van der Waals surface area contributed by atoms with Crippen LogP contribution in [0.2, 0.25) is 0 Å². The van der Waals surface area contributed by atoms with Crippen LogP contribution in [0.25, 0.3) is 0 Å². The molecule has 0 amide bonds. The molecule has 6 nitrogen and oxygen atoms in total. The fourth-order valence-electron chi connectivity index (χ4n) is 2.36. The van der Waals surface area contributed by atoms with Crippen LogP contribution >= 0.6 is 0 Å². The second-order valence-electron chi connectivity index (χ2n) is 5.69. The Bertz CT molecular complexity index is 869. The number of hydrogen-bond acceptors (Lipinski definition) is 3. The van der Waals surface area contributed by atoms with Crippen molar-refractivity contribution < 1.29 is 12.8 Å². The van der Waals surface area contributed by atoms with E-state index in [0.717, 1.165) is 11.1 Å². The third-order valence-corrected chi connectivity index (χ3v) is 5.03. The predicted octanol–water partition coefficient (Wildman–Crippen LogP) is 1.74. The third kappa shape index (κ3) is 6.45. The predicted molar refractivity (Wildman–Crippen MR) is 102 cm³/mol. The minimum Gasteiger partial charge on any atom is -0.352 e. The molecule has 0 saturated heterocycles. The van der Waals surface area contributed by atoms with Gasteiger partial charge in [0.1, 0.15) is 5.82 Å². The molecule has 3 N–H and O–H groups in total. The average molecular weight is 378 g/mol. The SMILES string of the molecule is CN=C(NCc1cccc(F)c1)NCc1cccc(CS(=O)(=O)NC)c1. The Morgan fingerprint density at radius 2 is 1.58 bits per heavy atom. The van der Waals surface area contributed by atoms with Crippen LogP contribution in [0, 0.1) is 5.82 Å². The summed E-state index contributed by atoms with van der Waals surface area (Å²) in [5.41, 5.74) is 2.45. The van der Waals surface area contributed by atoms with Gasteiger partial charge in [-0.3, -0.25) is 4.99 Å². The van der Waals surface area contributed by atoms with Crippen LogP contribution in [-0.4, -0.2) is 28.5 Å². The molecule has 2 aromatic rings. The van der Waals surface area contributed by atoms with E-state index in [0.29, 0.717) is 24.6 Å². The van der Waals surface area contributed by atoms with Gasteiger partial charge in [0.05, 0.1) is 5.75 Å². The van der Waals surface area contributed by atoms with E-state index in [1.165, 1.54) is 19.2 Å². The van der Waals surface area contributed by atoms with Crippen molar-refractivity contribution in [3.63, 3.8) is 0 Å². The van der Waals surface area contributed by atoms with Crippen molar-refractivity contribution in [2.24, 2.45) is 4.99 Å². The van der Waals surface area contributed by atoms with E-state index in [4.69, 9.17) is 0 Å². The highest BCUT2D eigenvalue weighted by atomic mass is 32.2. The highest BCUT2D eigenvalue weighted by Crippen LogP contribution is 2.08. The maximum atomic E-state index is 13.2. The zero-order valence-electron chi connectivity index (χ0n) is 14.8. The summed E-state index contributed by atoms with van der Waals surface area (Å²) < 4.78 is 38.8. The van der Waals surface area contributed by atoms with E-state index in [1.807, 2.05) is 24.3 Å². The maximum absolute atomic E-state index is 13.2. The van der Waals surface area contributed by atoms with Crippen LogP contribution in [0.4, 0.5) is 4.39 Å². The first-order valence-electron chi connectivity index (χ1n) is 8.10. The first kappa shape index (κ1) is 19.9. The van der Waals surface area contributed by atoms with E-state index in [-0.39, 0.29) is 11.6 Å². The van der Waals surface area contributed by atoms with Crippen molar-refractivity contribution in [3.05, 3.63) is 71.0 Å². The molecule has 0 aliphatic heterocycles. The van der Waals surface area contributed by atoms with Crippen LogP contribution in [0.15, 0.2) is 53.5 Å². The molecule has 26 heavy (non-hydrogen) atoms. The fourth-order valence-corrected chi connectivity index (χ4v) is 3.12. The van der Waals surface area contributed by atoms with Crippen molar-refractivity contribution in [2.45, 2.75) is 18.8 Å². The van der Waals surface area contributed by atoms with E-state index in [9.17, 15) is 12.8 Å². The molecule has 0 aliphatic rings. The Kier molecular flexibility index (Phi) is 7.11. The summed E-state index contributed by atoms with van der Waals surface area (Å²) in [7, 11) is -0.258. The highest BCUT2D eigenvalue weighted by Gasteiger charge is 2.09. The van der Waals surface area contributed by atoms with Crippen molar-refractivity contribution in [3.8, 4) is 0 Å². The van der Waals surface area contributed by atoms with Gasteiger partial charge in [-0.05, 0) is 35.9 Å². The summed E-state index contributed by atoms with van der Waals surface area (Å²) in [6.45, 7) is 0.925. The van der Waals surface area contributed by atoms with Gasteiger partial charge < -0.3 is 10.6 Å². The standard InChI is InChI=1S/C18H23FN4O2S/c1-20-18(23-12-15-6-4-8-17(19)10-15)22-11-14-5-3-7-16(9-14)13-26(24,25)21-2/h3-10,21H,11-13H2,1-2H3,(H2,20,22,23). The number of guanidine groups is 1. The van der Waals surface area contributed by atoms with Gasteiger partial charge >= 0.3 is 0 Å². The Morgan fingerprint density at radius 1 is 1.00 bits per heavy atom. The molecule has 2 rings (SSSR count). The lowest BCUT2D eigenvalue weighted by atomic mass is 10.1. The molecule has 0 atom stereocenters. The minimum atomic E-state index is -3.31. The van der Waals surface area contributed by atoms with Crippen molar-refractivity contribution >= 4 is 16.0 Å². The van der Waals surface area contributed by atoms with Gasteiger partial charge in [-0.15, -0.1) is 0 Å².